The van der Waals surface area contributed by atoms with Crippen LogP contribution in [0.3, 0.4) is 0 Å². The van der Waals surface area contributed by atoms with Crippen LogP contribution in [0.15, 0.2) is 39.6 Å². The molecule has 5 nitrogen and oxygen atoms in total. The maximum absolute atomic E-state index is 13.2. The van der Waals surface area contributed by atoms with E-state index >= 15 is 0 Å². The molecule has 0 amide bonds. The van der Waals surface area contributed by atoms with Crippen LogP contribution in [0, 0.1) is 5.82 Å². The molecule has 0 fully saturated rings. The Kier molecular flexibility index (Phi) is 5.85. The monoisotopic (exact) mass is 380 g/mol. The van der Waals surface area contributed by atoms with Gasteiger partial charge in [0.1, 0.15) is 10.6 Å². The average molecular weight is 380 g/mol. The van der Waals surface area contributed by atoms with Crippen molar-refractivity contribution in [3.63, 3.8) is 0 Å². The van der Waals surface area contributed by atoms with Crippen LogP contribution in [0.1, 0.15) is 0 Å². The van der Waals surface area contributed by atoms with Gasteiger partial charge in [-0.25, -0.2) is 9.37 Å². The Bertz CT molecular complexity index is 922. The highest BCUT2D eigenvalue weighted by Crippen LogP contribution is 2.32. The second-order valence-corrected chi connectivity index (χ2v) is 7.17. The molecule has 0 spiro atoms. The summed E-state index contributed by atoms with van der Waals surface area (Å²) in [5, 5.41) is 12.0. The summed E-state index contributed by atoms with van der Waals surface area (Å²) in [4.78, 5) is 18.3. The molecule has 0 unspecified atom stereocenters. The molecule has 3 aromatic rings. The van der Waals surface area contributed by atoms with Crippen molar-refractivity contribution in [1.82, 2.24) is 9.55 Å². The highest BCUT2D eigenvalue weighted by atomic mass is 32.2. The van der Waals surface area contributed by atoms with E-state index in [9.17, 15) is 9.18 Å². The summed E-state index contributed by atoms with van der Waals surface area (Å²) in [5.41, 5.74) is 1.38. The number of hydrogen-bond acceptors (Lipinski definition) is 6. The summed E-state index contributed by atoms with van der Waals surface area (Å²) in [7, 11) is 1.58. The molecule has 3 rings (SSSR count). The number of methoxy groups -OCH3 is 1. The lowest BCUT2D eigenvalue weighted by Crippen LogP contribution is -2.25. The largest absolute Gasteiger partial charge is 0.396 e. The molecule has 132 valence electrons. The van der Waals surface area contributed by atoms with Crippen LogP contribution in [0.2, 0.25) is 0 Å². The van der Waals surface area contributed by atoms with Crippen molar-refractivity contribution < 1.29 is 14.2 Å². The molecule has 0 aliphatic heterocycles. The first-order valence-electron chi connectivity index (χ1n) is 7.66. The zero-order valence-corrected chi connectivity index (χ0v) is 15.2. The molecule has 2 heterocycles. The predicted molar refractivity (Wildman–Crippen MR) is 99.0 cm³/mol. The number of hydrogen-bond donors (Lipinski definition) is 1. The van der Waals surface area contributed by atoms with Gasteiger partial charge in [0.15, 0.2) is 5.16 Å². The second kappa shape index (κ2) is 8.09. The number of fused-ring (bicyclic) bond motifs is 1. The van der Waals surface area contributed by atoms with Crippen molar-refractivity contribution in [2.24, 2.45) is 0 Å². The van der Waals surface area contributed by atoms with Gasteiger partial charge < -0.3 is 9.84 Å². The fourth-order valence-corrected chi connectivity index (χ4v) is 4.23. The van der Waals surface area contributed by atoms with E-state index in [0.717, 1.165) is 11.1 Å². The molecule has 0 atom stereocenters. The number of ether oxygens (including phenoxy) is 1. The maximum atomic E-state index is 13.2. The van der Waals surface area contributed by atoms with E-state index in [-0.39, 0.29) is 18.0 Å². The van der Waals surface area contributed by atoms with Crippen molar-refractivity contribution in [3.05, 3.63) is 45.8 Å². The minimum Gasteiger partial charge on any atom is -0.396 e. The number of rotatable bonds is 7. The van der Waals surface area contributed by atoms with Gasteiger partial charge in [-0.15, -0.1) is 11.3 Å². The van der Waals surface area contributed by atoms with Gasteiger partial charge in [-0.2, -0.15) is 0 Å². The predicted octanol–water partition coefficient (Wildman–Crippen LogP) is 2.99. The van der Waals surface area contributed by atoms with E-state index in [1.165, 1.54) is 35.2 Å². The normalized spacial score (nSPS) is 11.3. The number of halogens is 1. The first-order chi connectivity index (χ1) is 12.2. The molecule has 0 bridgehead atoms. The highest BCUT2D eigenvalue weighted by Gasteiger charge is 2.17. The number of thioether (sulfide) groups is 1. The van der Waals surface area contributed by atoms with Gasteiger partial charge in [-0.05, 0) is 17.7 Å². The molecule has 0 saturated heterocycles. The summed E-state index contributed by atoms with van der Waals surface area (Å²) in [6.07, 6.45) is 0. The Morgan fingerprint density at radius 1 is 1.36 bits per heavy atom. The van der Waals surface area contributed by atoms with Crippen LogP contribution in [0.4, 0.5) is 4.39 Å². The van der Waals surface area contributed by atoms with Crippen LogP contribution in [-0.2, 0) is 11.3 Å². The van der Waals surface area contributed by atoms with Crippen molar-refractivity contribution in [3.8, 4) is 11.1 Å². The van der Waals surface area contributed by atoms with Crippen molar-refractivity contribution in [2.75, 3.05) is 26.1 Å². The van der Waals surface area contributed by atoms with Crippen LogP contribution in [-0.4, -0.2) is 40.7 Å². The number of aliphatic hydroxyl groups is 1. The summed E-state index contributed by atoms with van der Waals surface area (Å²) in [6.45, 7) is 0.772. The molecule has 1 N–H and O–H groups in total. The van der Waals surface area contributed by atoms with E-state index in [1.54, 1.807) is 23.8 Å². The molecule has 0 aliphatic carbocycles. The number of aliphatic hydroxyl groups excluding tert-OH is 1. The molecule has 8 heteroatoms. The Balaban J connectivity index is 2.16. The summed E-state index contributed by atoms with van der Waals surface area (Å²) >= 11 is 2.72. The third-order valence-electron chi connectivity index (χ3n) is 3.66. The molecular weight excluding hydrogens is 363 g/mol. The van der Waals surface area contributed by atoms with Crippen molar-refractivity contribution in [1.29, 1.82) is 0 Å². The molecule has 0 radical (unpaired) electrons. The minimum absolute atomic E-state index is 0.00806. The van der Waals surface area contributed by atoms with Crippen molar-refractivity contribution in [2.45, 2.75) is 11.7 Å². The molecule has 0 aliphatic rings. The van der Waals surface area contributed by atoms with Gasteiger partial charge in [0.05, 0.1) is 25.1 Å². The van der Waals surface area contributed by atoms with Crippen LogP contribution < -0.4 is 5.56 Å². The molecule has 1 aromatic carbocycles. The van der Waals surface area contributed by atoms with Crippen LogP contribution in [0.25, 0.3) is 21.3 Å². The van der Waals surface area contributed by atoms with Gasteiger partial charge >= 0.3 is 0 Å². The summed E-state index contributed by atoms with van der Waals surface area (Å²) in [5.74, 6) is 0.141. The third kappa shape index (κ3) is 3.77. The van der Waals surface area contributed by atoms with Gasteiger partial charge in [0, 0.05) is 23.8 Å². The number of aromatic nitrogens is 2. The first kappa shape index (κ1) is 18.1. The topological polar surface area (TPSA) is 64.3 Å². The van der Waals surface area contributed by atoms with Crippen molar-refractivity contribution >= 4 is 33.3 Å². The lowest BCUT2D eigenvalue weighted by Gasteiger charge is -2.11. The average Bonchev–Trinajstić information content (AvgIpc) is 3.04. The summed E-state index contributed by atoms with van der Waals surface area (Å²) in [6, 6.07) is 6.07. The smallest absolute Gasteiger partial charge is 0.263 e. The standard InChI is InChI=1S/C17H17FN2O3S2/c1-23-8-6-20-16(22)14-13(11-2-4-12(18)5-3-11)10-25-15(14)19-17(20)24-9-7-21/h2-5,10,21H,6-9H2,1H3. The molecule has 2 aromatic heterocycles. The number of thiophene rings is 1. The van der Waals surface area contributed by atoms with Gasteiger partial charge in [0.2, 0.25) is 0 Å². The molecular formula is C17H17FN2O3S2. The van der Waals surface area contributed by atoms with Gasteiger partial charge in [-0.1, -0.05) is 23.9 Å². The molecule has 0 saturated carbocycles. The Labute approximate surface area is 152 Å². The van der Waals surface area contributed by atoms with E-state index in [2.05, 4.69) is 4.98 Å². The van der Waals surface area contributed by atoms with Crippen LogP contribution >= 0.6 is 23.1 Å². The van der Waals surface area contributed by atoms with Gasteiger partial charge in [0.25, 0.3) is 5.56 Å². The SMILES string of the molecule is COCCn1c(SCCO)nc2scc(-c3ccc(F)cc3)c2c1=O. The van der Waals surface area contributed by atoms with E-state index < -0.39 is 0 Å². The zero-order chi connectivity index (χ0) is 17.8. The number of nitrogens with zero attached hydrogens (tertiary/aromatic N) is 2. The van der Waals surface area contributed by atoms with E-state index in [1.807, 2.05) is 5.38 Å². The first-order valence-corrected chi connectivity index (χ1v) is 9.52. The lowest BCUT2D eigenvalue weighted by atomic mass is 10.1. The Morgan fingerprint density at radius 3 is 2.80 bits per heavy atom. The van der Waals surface area contributed by atoms with Crippen LogP contribution in [0.5, 0.6) is 0 Å². The lowest BCUT2D eigenvalue weighted by molar-refractivity contribution is 0.183. The highest BCUT2D eigenvalue weighted by molar-refractivity contribution is 7.99. The summed E-state index contributed by atoms with van der Waals surface area (Å²) < 4.78 is 19.9. The second-order valence-electron chi connectivity index (χ2n) is 5.25. The minimum atomic E-state index is -0.318. The van der Waals surface area contributed by atoms with E-state index in [4.69, 9.17) is 9.84 Å². The zero-order valence-electron chi connectivity index (χ0n) is 13.6. The maximum Gasteiger partial charge on any atom is 0.263 e. The molecule has 25 heavy (non-hydrogen) atoms. The number of benzene rings is 1. The Morgan fingerprint density at radius 2 is 2.12 bits per heavy atom. The fourth-order valence-electron chi connectivity index (χ4n) is 2.47. The fraction of sp³-hybridized carbons (Fsp3) is 0.294. The van der Waals surface area contributed by atoms with Gasteiger partial charge in [-0.3, -0.25) is 9.36 Å². The third-order valence-corrected chi connectivity index (χ3v) is 5.48. The van der Waals surface area contributed by atoms with E-state index in [0.29, 0.717) is 34.3 Å². The quantitative estimate of drug-likeness (QED) is 0.504. The Hall–Kier alpha value is -1.74.